The number of barbiturate groups is 1. The molecule has 3 aromatic rings. The Morgan fingerprint density at radius 2 is 1.71 bits per heavy atom. The van der Waals surface area contributed by atoms with Gasteiger partial charge in [0.2, 0.25) is 0 Å². The van der Waals surface area contributed by atoms with Gasteiger partial charge in [-0.25, -0.2) is 9.69 Å². The normalized spacial score (nSPS) is 14.8. The Morgan fingerprint density at radius 1 is 1.00 bits per heavy atom. The van der Waals surface area contributed by atoms with Crippen molar-refractivity contribution in [3.05, 3.63) is 99.6 Å². The van der Waals surface area contributed by atoms with Gasteiger partial charge >= 0.3 is 6.03 Å². The fourth-order valence-electron chi connectivity index (χ4n) is 3.25. The first-order chi connectivity index (χ1) is 16.3. The van der Waals surface area contributed by atoms with Crippen molar-refractivity contribution in [3.8, 4) is 11.5 Å². The summed E-state index contributed by atoms with van der Waals surface area (Å²) in [5, 5.41) is 22.4. The highest BCUT2D eigenvalue weighted by molar-refractivity contribution is 6.39. The van der Waals surface area contributed by atoms with Crippen LogP contribution in [0.5, 0.6) is 11.5 Å². The van der Waals surface area contributed by atoms with Crippen LogP contribution in [-0.4, -0.2) is 27.9 Å². The quantitative estimate of drug-likeness (QED) is 0.249. The number of aromatic hydroxyl groups is 1. The number of nitro groups is 1. The van der Waals surface area contributed by atoms with Crippen LogP contribution in [0.25, 0.3) is 6.08 Å². The van der Waals surface area contributed by atoms with Gasteiger partial charge in [-0.2, -0.15) is 0 Å². The Bertz CT molecular complexity index is 1320. The number of ether oxygens (including phenoxy) is 1. The van der Waals surface area contributed by atoms with Gasteiger partial charge in [-0.05, 0) is 53.6 Å². The van der Waals surface area contributed by atoms with Gasteiger partial charge in [-0.1, -0.05) is 24.3 Å². The van der Waals surface area contributed by atoms with Crippen LogP contribution in [0.4, 0.5) is 16.2 Å². The van der Waals surface area contributed by atoms with Gasteiger partial charge in [0.05, 0.1) is 10.6 Å². The van der Waals surface area contributed by atoms with Gasteiger partial charge in [0.1, 0.15) is 23.7 Å². The van der Waals surface area contributed by atoms with Crippen LogP contribution in [0.1, 0.15) is 11.1 Å². The zero-order valence-corrected chi connectivity index (χ0v) is 17.5. The van der Waals surface area contributed by atoms with Gasteiger partial charge in [0, 0.05) is 12.1 Å². The number of phenols is 1. The lowest BCUT2D eigenvalue weighted by Gasteiger charge is -2.26. The van der Waals surface area contributed by atoms with Crippen molar-refractivity contribution in [3.63, 3.8) is 0 Å². The van der Waals surface area contributed by atoms with E-state index in [0.29, 0.717) is 16.9 Å². The van der Waals surface area contributed by atoms with Crippen molar-refractivity contribution in [1.82, 2.24) is 5.32 Å². The summed E-state index contributed by atoms with van der Waals surface area (Å²) in [6, 6.07) is 17.1. The van der Waals surface area contributed by atoms with E-state index in [1.165, 1.54) is 42.5 Å². The lowest BCUT2D eigenvalue weighted by Crippen LogP contribution is -2.54. The number of carbonyl (C=O) groups excluding carboxylic acids is 3. The average molecular weight is 459 g/mol. The number of urea groups is 1. The highest BCUT2D eigenvalue weighted by Crippen LogP contribution is 2.24. The lowest BCUT2D eigenvalue weighted by molar-refractivity contribution is -0.384. The van der Waals surface area contributed by atoms with E-state index in [2.05, 4.69) is 5.32 Å². The van der Waals surface area contributed by atoms with E-state index in [1.54, 1.807) is 36.4 Å². The van der Waals surface area contributed by atoms with Crippen molar-refractivity contribution in [2.24, 2.45) is 0 Å². The Hall–Kier alpha value is -4.99. The largest absolute Gasteiger partial charge is 0.508 e. The first-order valence-corrected chi connectivity index (χ1v) is 9.98. The molecule has 0 aliphatic carbocycles. The number of anilines is 1. The van der Waals surface area contributed by atoms with Gasteiger partial charge in [-0.15, -0.1) is 0 Å². The van der Waals surface area contributed by atoms with E-state index in [1.807, 2.05) is 0 Å². The van der Waals surface area contributed by atoms with E-state index >= 15 is 0 Å². The maximum absolute atomic E-state index is 12.9. The second kappa shape index (κ2) is 9.25. The number of amides is 4. The van der Waals surface area contributed by atoms with Crippen LogP contribution in [0.2, 0.25) is 0 Å². The predicted octanol–water partition coefficient (Wildman–Crippen LogP) is 3.55. The number of rotatable bonds is 6. The molecule has 1 saturated heterocycles. The minimum Gasteiger partial charge on any atom is -0.508 e. The lowest BCUT2D eigenvalue weighted by atomic mass is 10.1. The number of benzene rings is 3. The average Bonchev–Trinajstić information content (AvgIpc) is 2.82. The summed E-state index contributed by atoms with van der Waals surface area (Å²) in [4.78, 5) is 48.6. The maximum atomic E-state index is 12.9. The van der Waals surface area contributed by atoms with Crippen LogP contribution >= 0.6 is 0 Å². The monoisotopic (exact) mass is 459 g/mol. The number of nitrogens with zero attached hydrogens (tertiary/aromatic N) is 2. The molecule has 10 nitrogen and oxygen atoms in total. The fraction of sp³-hybridized carbons (Fsp3) is 0.0417. The molecule has 0 bridgehead atoms. The standard InChI is InChI=1S/C24H17N3O7/c28-19-8-6-17(7-9-19)26-23(30)21(22(29)25-24(26)31)13-15-4-10-20(11-5-15)34-14-16-2-1-3-18(12-16)27(32)33/h1-13,28H,14H2,(H,25,29,31)/b21-13+. The van der Waals surface area contributed by atoms with Crippen LogP contribution in [0, 0.1) is 10.1 Å². The number of carbonyl (C=O) groups is 3. The second-order valence-corrected chi connectivity index (χ2v) is 7.26. The molecular weight excluding hydrogens is 442 g/mol. The zero-order valence-electron chi connectivity index (χ0n) is 17.5. The van der Waals surface area contributed by atoms with Crippen molar-refractivity contribution in [2.45, 2.75) is 6.61 Å². The Kier molecular flexibility index (Phi) is 6.04. The highest BCUT2D eigenvalue weighted by Gasteiger charge is 2.36. The van der Waals surface area contributed by atoms with Crippen LogP contribution in [0.3, 0.4) is 0 Å². The second-order valence-electron chi connectivity index (χ2n) is 7.26. The molecule has 0 radical (unpaired) electrons. The smallest absolute Gasteiger partial charge is 0.335 e. The molecule has 1 aliphatic heterocycles. The first kappa shape index (κ1) is 22.2. The number of non-ortho nitro benzene ring substituents is 1. The molecular formula is C24H17N3O7. The third-order valence-corrected chi connectivity index (χ3v) is 4.93. The van der Waals surface area contributed by atoms with E-state index in [9.17, 15) is 29.6 Å². The summed E-state index contributed by atoms with van der Waals surface area (Å²) in [6.07, 6.45) is 1.35. The van der Waals surface area contributed by atoms with Crippen molar-refractivity contribution in [2.75, 3.05) is 4.90 Å². The maximum Gasteiger partial charge on any atom is 0.335 e. The van der Waals surface area contributed by atoms with Gasteiger partial charge in [0.25, 0.3) is 17.5 Å². The van der Waals surface area contributed by atoms with Gasteiger partial charge in [-0.3, -0.25) is 25.0 Å². The van der Waals surface area contributed by atoms with E-state index < -0.39 is 22.8 Å². The molecule has 34 heavy (non-hydrogen) atoms. The molecule has 4 rings (SSSR count). The van der Waals surface area contributed by atoms with E-state index in [4.69, 9.17) is 4.74 Å². The SMILES string of the molecule is O=C1NC(=O)N(c2ccc(O)cc2)C(=O)/C1=C/c1ccc(OCc2cccc([N+](=O)[O-])c2)cc1. The Balaban J connectivity index is 1.49. The molecule has 1 fully saturated rings. The molecule has 0 saturated carbocycles. The first-order valence-electron chi connectivity index (χ1n) is 9.98. The van der Waals surface area contributed by atoms with Crippen LogP contribution in [-0.2, 0) is 16.2 Å². The molecule has 0 unspecified atom stereocenters. The van der Waals surface area contributed by atoms with Crippen molar-refractivity contribution >= 4 is 35.3 Å². The number of nitro benzene ring substituents is 1. The zero-order chi connectivity index (χ0) is 24.2. The third-order valence-electron chi connectivity index (χ3n) is 4.93. The van der Waals surface area contributed by atoms with E-state index in [0.717, 1.165) is 4.90 Å². The number of phenolic OH excluding ortho intramolecular Hbond substituents is 1. The Morgan fingerprint density at radius 3 is 2.38 bits per heavy atom. The van der Waals surface area contributed by atoms with E-state index in [-0.39, 0.29) is 29.3 Å². The van der Waals surface area contributed by atoms with Crippen LogP contribution < -0.4 is 15.0 Å². The molecule has 4 amide bonds. The molecule has 0 atom stereocenters. The van der Waals surface area contributed by atoms with Gasteiger partial charge in [0.15, 0.2) is 0 Å². The third kappa shape index (κ3) is 4.75. The number of hydrogen-bond acceptors (Lipinski definition) is 7. The molecule has 1 aliphatic rings. The molecule has 0 spiro atoms. The van der Waals surface area contributed by atoms with Gasteiger partial charge < -0.3 is 9.84 Å². The molecule has 2 N–H and O–H groups in total. The summed E-state index contributed by atoms with van der Waals surface area (Å²) < 4.78 is 5.65. The van der Waals surface area contributed by atoms with Crippen LogP contribution in [0.15, 0.2) is 78.4 Å². The predicted molar refractivity (Wildman–Crippen MR) is 121 cm³/mol. The highest BCUT2D eigenvalue weighted by atomic mass is 16.6. The van der Waals surface area contributed by atoms with Crippen molar-refractivity contribution in [1.29, 1.82) is 0 Å². The number of nitrogens with one attached hydrogen (secondary N) is 1. The van der Waals surface area contributed by atoms with Crippen molar-refractivity contribution < 1.29 is 29.2 Å². The summed E-state index contributed by atoms with van der Waals surface area (Å²) in [5.41, 5.74) is 1.07. The molecule has 3 aromatic carbocycles. The minimum absolute atomic E-state index is 0.0293. The molecule has 0 aromatic heterocycles. The number of imide groups is 2. The topological polar surface area (TPSA) is 139 Å². The fourth-order valence-corrected chi connectivity index (χ4v) is 3.25. The molecule has 1 heterocycles. The summed E-state index contributed by atoms with van der Waals surface area (Å²) >= 11 is 0. The summed E-state index contributed by atoms with van der Waals surface area (Å²) in [5.74, 6) is -1.18. The minimum atomic E-state index is -0.886. The molecule has 170 valence electrons. The number of hydrogen-bond donors (Lipinski definition) is 2. The summed E-state index contributed by atoms with van der Waals surface area (Å²) in [7, 11) is 0. The Labute approximate surface area is 192 Å². The molecule has 10 heteroatoms. The summed E-state index contributed by atoms with van der Waals surface area (Å²) in [6.45, 7) is 0.118.